The van der Waals surface area contributed by atoms with Gasteiger partial charge in [-0.15, -0.1) is 0 Å². The molecule has 1 atom stereocenters. The van der Waals surface area contributed by atoms with Gasteiger partial charge in [0.05, 0.1) is 42.6 Å². The monoisotopic (exact) mass is 466 g/mol. The minimum absolute atomic E-state index is 0.0692. The van der Waals surface area contributed by atoms with Crippen LogP contribution in [-0.2, 0) is 22.4 Å². The van der Waals surface area contributed by atoms with Gasteiger partial charge < -0.3 is 30.7 Å². The van der Waals surface area contributed by atoms with Crippen LogP contribution in [0, 0.1) is 5.92 Å². The van der Waals surface area contributed by atoms with Crippen LogP contribution in [0.3, 0.4) is 0 Å². The first-order chi connectivity index (χ1) is 16.3. The number of fused-ring (bicyclic) bond motifs is 3. The Hall–Kier alpha value is -3.43. The Bertz CT molecular complexity index is 1230. The number of hydrogen-bond acceptors (Lipinski definition) is 8. The van der Waals surface area contributed by atoms with Gasteiger partial charge in [-0.3, -0.25) is 14.4 Å². The normalized spacial score (nSPS) is 20.0. The van der Waals surface area contributed by atoms with Crippen molar-refractivity contribution in [2.75, 3.05) is 26.9 Å². The van der Waals surface area contributed by atoms with Gasteiger partial charge in [-0.05, 0) is 31.7 Å². The topological polar surface area (TPSA) is 148 Å². The maximum atomic E-state index is 13.3. The Kier molecular flexibility index (Phi) is 5.33. The van der Waals surface area contributed by atoms with Crippen molar-refractivity contribution in [1.29, 1.82) is 0 Å². The summed E-state index contributed by atoms with van der Waals surface area (Å²) in [6.45, 7) is 1.36. The molecule has 1 heterocycles. The second kappa shape index (κ2) is 8.11. The zero-order valence-corrected chi connectivity index (χ0v) is 18.8. The fourth-order valence-electron chi connectivity index (χ4n) is 5.12. The number of phenolic OH excluding ortho intramolecular Hbond substituents is 2. The van der Waals surface area contributed by atoms with Crippen molar-refractivity contribution in [2.24, 2.45) is 11.7 Å². The van der Waals surface area contributed by atoms with Crippen molar-refractivity contribution in [2.45, 2.75) is 31.2 Å². The number of carbonyl (C=O) groups excluding carboxylic acids is 3. The molecule has 1 fully saturated rings. The number of nitrogens with one attached hydrogen (secondary N) is 1. The second-order valence-electron chi connectivity index (χ2n) is 9.28. The van der Waals surface area contributed by atoms with Crippen LogP contribution < -0.4 is 15.8 Å². The van der Waals surface area contributed by atoms with E-state index in [0.29, 0.717) is 43.7 Å². The Labute approximate surface area is 195 Å². The molecule has 5 rings (SSSR count). The molecular formula is C25H26N2O7. The molecule has 1 saturated heterocycles. The third kappa shape index (κ3) is 3.35. The summed E-state index contributed by atoms with van der Waals surface area (Å²) in [6.07, 6.45) is 1.47. The Morgan fingerprint density at radius 1 is 1.15 bits per heavy atom. The number of ketones is 2. The number of carbonyl (C=O) groups is 3. The van der Waals surface area contributed by atoms with Crippen LogP contribution >= 0.6 is 0 Å². The Balaban J connectivity index is 1.45. The van der Waals surface area contributed by atoms with E-state index in [0.717, 1.165) is 0 Å². The number of rotatable bonds is 5. The first-order valence-corrected chi connectivity index (χ1v) is 11.3. The van der Waals surface area contributed by atoms with Crippen LogP contribution in [0.1, 0.15) is 55.8 Å². The number of methoxy groups -OCH3 is 1. The number of ether oxygens (including phenoxy) is 2. The van der Waals surface area contributed by atoms with E-state index in [4.69, 9.17) is 15.2 Å². The van der Waals surface area contributed by atoms with E-state index in [1.807, 2.05) is 0 Å². The summed E-state index contributed by atoms with van der Waals surface area (Å²) in [7, 11) is 1.39. The van der Waals surface area contributed by atoms with Gasteiger partial charge in [0.2, 0.25) is 11.7 Å². The predicted molar refractivity (Wildman–Crippen MR) is 121 cm³/mol. The van der Waals surface area contributed by atoms with E-state index in [1.54, 1.807) is 12.1 Å². The largest absolute Gasteiger partial charge is 0.507 e. The summed E-state index contributed by atoms with van der Waals surface area (Å²) in [6, 6.07) is 4.65. The Morgan fingerprint density at radius 2 is 1.85 bits per heavy atom. The lowest BCUT2D eigenvalue weighted by molar-refractivity contribution is -0.125. The third-order valence-corrected chi connectivity index (χ3v) is 7.10. The zero-order valence-electron chi connectivity index (χ0n) is 18.8. The van der Waals surface area contributed by atoms with Crippen molar-refractivity contribution in [3.8, 4) is 17.2 Å². The van der Waals surface area contributed by atoms with E-state index in [2.05, 4.69) is 5.32 Å². The highest BCUT2D eigenvalue weighted by molar-refractivity contribution is 6.31. The lowest BCUT2D eigenvalue weighted by atomic mass is 9.75. The van der Waals surface area contributed by atoms with Crippen LogP contribution in [0.5, 0.6) is 17.2 Å². The van der Waals surface area contributed by atoms with Crippen LogP contribution in [0.15, 0.2) is 18.2 Å². The Morgan fingerprint density at radius 3 is 2.53 bits per heavy atom. The maximum Gasteiger partial charge on any atom is 0.223 e. The molecule has 2 aliphatic carbocycles. The number of nitrogens with two attached hydrogens (primary N) is 1. The molecule has 1 aliphatic heterocycles. The summed E-state index contributed by atoms with van der Waals surface area (Å²) < 4.78 is 10.4. The molecular weight excluding hydrogens is 440 g/mol. The smallest absolute Gasteiger partial charge is 0.223 e. The van der Waals surface area contributed by atoms with E-state index in [9.17, 15) is 24.6 Å². The summed E-state index contributed by atoms with van der Waals surface area (Å²) in [5, 5.41) is 25.0. The van der Waals surface area contributed by atoms with Crippen molar-refractivity contribution >= 4 is 17.5 Å². The molecule has 0 saturated carbocycles. The molecule has 0 radical (unpaired) electrons. The molecule has 0 aromatic heterocycles. The molecule has 2 aromatic carbocycles. The van der Waals surface area contributed by atoms with E-state index >= 15 is 0 Å². The number of phenols is 2. The summed E-state index contributed by atoms with van der Waals surface area (Å²) in [5.41, 5.74) is 6.17. The van der Waals surface area contributed by atoms with Gasteiger partial charge in [0.25, 0.3) is 0 Å². The molecule has 1 unspecified atom stereocenters. The standard InChI is InChI=1S/C25H26N2O7/c1-33-16-4-2-3-14-17(16)23(31)19-18(21(14)29)22(30)15-9-12(5-6-13(15)20(19)28)24(32)27-8-7-25(26)10-34-11-25/h2-4,12,28,30H,5-11,26H2,1H3,(H,27,32). The molecule has 34 heavy (non-hydrogen) atoms. The molecule has 9 heteroatoms. The van der Waals surface area contributed by atoms with Gasteiger partial charge in [0, 0.05) is 29.2 Å². The third-order valence-electron chi connectivity index (χ3n) is 7.10. The van der Waals surface area contributed by atoms with Crippen molar-refractivity contribution in [1.82, 2.24) is 5.32 Å². The van der Waals surface area contributed by atoms with Crippen molar-refractivity contribution in [3.63, 3.8) is 0 Å². The van der Waals surface area contributed by atoms with Crippen LogP contribution in [-0.4, -0.2) is 60.1 Å². The lowest BCUT2D eigenvalue weighted by Crippen LogP contribution is -2.58. The lowest BCUT2D eigenvalue weighted by Gasteiger charge is -2.38. The average molecular weight is 466 g/mol. The molecule has 0 bridgehead atoms. The van der Waals surface area contributed by atoms with Gasteiger partial charge in [-0.25, -0.2) is 0 Å². The van der Waals surface area contributed by atoms with Gasteiger partial charge in [-0.2, -0.15) is 0 Å². The van der Waals surface area contributed by atoms with E-state index in [1.165, 1.54) is 13.2 Å². The molecule has 178 valence electrons. The van der Waals surface area contributed by atoms with Crippen LogP contribution in [0.2, 0.25) is 0 Å². The molecule has 9 nitrogen and oxygen atoms in total. The molecule has 2 aromatic rings. The van der Waals surface area contributed by atoms with E-state index < -0.39 is 23.0 Å². The number of benzene rings is 2. The molecule has 5 N–H and O–H groups in total. The second-order valence-corrected chi connectivity index (χ2v) is 9.28. The first kappa shape index (κ1) is 22.4. The number of amides is 1. The molecule has 1 amide bonds. The van der Waals surface area contributed by atoms with Gasteiger partial charge in [-0.1, -0.05) is 12.1 Å². The summed E-state index contributed by atoms with van der Waals surface area (Å²) >= 11 is 0. The number of aromatic hydroxyl groups is 2. The fraction of sp³-hybridized carbons (Fsp3) is 0.400. The quantitative estimate of drug-likeness (QED) is 0.410. The highest BCUT2D eigenvalue weighted by Crippen LogP contribution is 2.47. The highest BCUT2D eigenvalue weighted by Gasteiger charge is 2.41. The van der Waals surface area contributed by atoms with E-state index in [-0.39, 0.29) is 58.3 Å². The minimum atomic E-state index is -0.576. The van der Waals surface area contributed by atoms with Gasteiger partial charge in [0.15, 0.2) is 5.78 Å². The van der Waals surface area contributed by atoms with Crippen LogP contribution in [0.4, 0.5) is 0 Å². The highest BCUT2D eigenvalue weighted by atomic mass is 16.5. The fourth-order valence-corrected chi connectivity index (χ4v) is 5.12. The SMILES string of the molecule is COc1cccc2c1C(=O)c1c(O)c3c(c(O)c1C2=O)CC(C(=O)NCCC1(N)COC1)CC3. The average Bonchev–Trinajstić information content (AvgIpc) is 2.82. The van der Waals surface area contributed by atoms with Crippen LogP contribution in [0.25, 0.3) is 0 Å². The zero-order chi connectivity index (χ0) is 24.2. The summed E-state index contributed by atoms with van der Waals surface area (Å²) in [5.74, 6) is -2.20. The first-order valence-electron chi connectivity index (χ1n) is 11.3. The number of hydrogen-bond donors (Lipinski definition) is 4. The van der Waals surface area contributed by atoms with Gasteiger partial charge in [0.1, 0.15) is 17.2 Å². The van der Waals surface area contributed by atoms with Crippen molar-refractivity contribution < 1.29 is 34.1 Å². The maximum absolute atomic E-state index is 13.3. The molecule has 3 aliphatic rings. The van der Waals surface area contributed by atoms with Gasteiger partial charge >= 0.3 is 0 Å². The summed E-state index contributed by atoms with van der Waals surface area (Å²) in [4.78, 5) is 39.4. The molecule has 0 spiro atoms. The minimum Gasteiger partial charge on any atom is -0.507 e. The predicted octanol–water partition coefficient (Wildman–Crippen LogP) is 1.22. The van der Waals surface area contributed by atoms with Crippen molar-refractivity contribution in [3.05, 3.63) is 51.6 Å².